The zero-order valence-electron chi connectivity index (χ0n) is 33.8. The molecule has 0 fully saturated rings. The van der Waals surface area contributed by atoms with Crippen LogP contribution in [-0.2, 0) is 0 Å². The Kier molecular flexibility index (Phi) is 7.24. The number of benzene rings is 10. The maximum atomic E-state index is 5.63. The molecular formula is C58H34N4S. The first kappa shape index (κ1) is 34.6. The topological polar surface area (TPSA) is 35.6 Å². The standard InChI is InChI=1S/C58H34N4S/c1-2-16-38(17-3-1)61-49-24-12-9-20-42(49)43-29-26-37(32-52(43)61)56-45-22-8-11-23-48(45)59-58(60-56)47-34-39(33-46-44-21-10-13-25-53(44)63-57(46)47)62-50-30-27-35-14-4-6-18-40(35)54(50)55-41-19-7-5-15-36(41)28-31-51(55)62/h1-34H. The van der Waals surface area contributed by atoms with Crippen molar-refractivity contribution in [1.82, 2.24) is 19.1 Å². The highest BCUT2D eigenvalue weighted by molar-refractivity contribution is 7.26. The van der Waals surface area contributed by atoms with Crippen molar-refractivity contribution in [2.45, 2.75) is 0 Å². The molecule has 0 N–H and O–H groups in total. The van der Waals surface area contributed by atoms with Gasteiger partial charge in [0.2, 0.25) is 0 Å². The molecule has 0 radical (unpaired) electrons. The van der Waals surface area contributed by atoms with E-state index in [1.807, 2.05) is 11.3 Å². The van der Waals surface area contributed by atoms with Crippen LogP contribution in [0.1, 0.15) is 0 Å². The van der Waals surface area contributed by atoms with Gasteiger partial charge in [-0.25, -0.2) is 9.97 Å². The van der Waals surface area contributed by atoms with Crippen LogP contribution in [0.15, 0.2) is 206 Å². The predicted molar refractivity (Wildman–Crippen MR) is 267 cm³/mol. The van der Waals surface area contributed by atoms with Gasteiger partial charge in [-0.3, -0.25) is 0 Å². The first-order valence-corrected chi connectivity index (χ1v) is 22.2. The maximum absolute atomic E-state index is 5.63. The van der Waals surface area contributed by atoms with Crippen LogP contribution in [0.25, 0.3) is 130 Å². The second-order valence-corrected chi connectivity index (χ2v) is 17.6. The lowest BCUT2D eigenvalue weighted by atomic mass is 10.00. The largest absolute Gasteiger partial charge is 0.309 e. The van der Waals surface area contributed by atoms with Crippen LogP contribution in [0.5, 0.6) is 0 Å². The van der Waals surface area contributed by atoms with E-state index < -0.39 is 0 Å². The third-order valence-electron chi connectivity index (χ3n) is 13.1. The van der Waals surface area contributed by atoms with Gasteiger partial charge in [-0.1, -0.05) is 146 Å². The summed E-state index contributed by atoms with van der Waals surface area (Å²) in [6, 6.07) is 74.8. The first-order chi connectivity index (χ1) is 31.2. The summed E-state index contributed by atoms with van der Waals surface area (Å²) in [7, 11) is 0. The SMILES string of the molecule is c1ccc(-n2c3ccccc3c3ccc(-c4nc(-c5cc(-n6c7ccc8ccccc8c7c7c8ccccc8ccc76)cc6c5sc5ccccc56)nc5ccccc45)cc32)cc1. The Balaban J connectivity index is 1.07. The second kappa shape index (κ2) is 13.2. The van der Waals surface area contributed by atoms with Gasteiger partial charge in [0.15, 0.2) is 5.82 Å². The van der Waals surface area contributed by atoms with Crippen LogP contribution in [0, 0.1) is 0 Å². The van der Waals surface area contributed by atoms with E-state index in [0.717, 1.165) is 44.6 Å². The number of rotatable bonds is 4. The highest BCUT2D eigenvalue weighted by atomic mass is 32.1. The van der Waals surface area contributed by atoms with Gasteiger partial charge in [0.1, 0.15) is 0 Å². The Morgan fingerprint density at radius 2 is 0.968 bits per heavy atom. The van der Waals surface area contributed by atoms with Gasteiger partial charge in [-0.05, 0) is 82.2 Å². The van der Waals surface area contributed by atoms with Crippen molar-refractivity contribution in [3.63, 3.8) is 0 Å². The molecule has 10 aromatic carbocycles. The molecule has 14 aromatic rings. The fourth-order valence-electron chi connectivity index (χ4n) is 10.3. The monoisotopic (exact) mass is 818 g/mol. The molecule has 14 rings (SSSR count). The van der Waals surface area contributed by atoms with E-state index in [4.69, 9.17) is 9.97 Å². The molecule has 4 aromatic heterocycles. The van der Waals surface area contributed by atoms with Crippen molar-refractivity contribution in [2.75, 3.05) is 0 Å². The van der Waals surface area contributed by atoms with Gasteiger partial charge in [0, 0.05) is 69.6 Å². The summed E-state index contributed by atoms with van der Waals surface area (Å²) in [4.78, 5) is 11.1. The zero-order valence-corrected chi connectivity index (χ0v) is 34.6. The highest BCUT2D eigenvalue weighted by Gasteiger charge is 2.22. The normalized spacial score (nSPS) is 12.1. The summed E-state index contributed by atoms with van der Waals surface area (Å²) in [6.07, 6.45) is 0. The average Bonchev–Trinajstić information content (AvgIpc) is 4.01. The summed E-state index contributed by atoms with van der Waals surface area (Å²) < 4.78 is 7.26. The Morgan fingerprint density at radius 1 is 0.365 bits per heavy atom. The molecule has 0 saturated heterocycles. The molecule has 292 valence electrons. The van der Waals surface area contributed by atoms with E-state index in [1.165, 1.54) is 79.8 Å². The number of fused-ring (bicyclic) bond motifs is 14. The van der Waals surface area contributed by atoms with Crippen molar-refractivity contribution in [3.8, 4) is 34.0 Å². The molecule has 4 heterocycles. The smallest absolute Gasteiger partial charge is 0.161 e. The van der Waals surface area contributed by atoms with Gasteiger partial charge in [-0.15, -0.1) is 11.3 Å². The predicted octanol–water partition coefficient (Wildman–Crippen LogP) is 15.8. The fraction of sp³-hybridized carbons (Fsp3) is 0. The molecule has 63 heavy (non-hydrogen) atoms. The van der Waals surface area contributed by atoms with E-state index >= 15 is 0 Å². The van der Waals surface area contributed by atoms with Gasteiger partial charge in [-0.2, -0.15) is 0 Å². The quantitative estimate of drug-likeness (QED) is 0.177. The maximum Gasteiger partial charge on any atom is 0.161 e. The lowest BCUT2D eigenvalue weighted by Gasteiger charge is -2.14. The van der Waals surface area contributed by atoms with E-state index in [2.05, 4.69) is 215 Å². The van der Waals surface area contributed by atoms with E-state index in [9.17, 15) is 0 Å². The van der Waals surface area contributed by atoms with Gasteiger partial charge < -0.3 is 9.13 Å². The molecule has 4 nitrogen and oxygen atoms in total. The summed E-state index contributed by atoms with van der Waals surface area (Å²) in [5.41, 5.74) is 10.8. The summed E-state index contributed by atoms with van der Waals surface area (Å²) >= 11 is 1.82. The second-order valence-electron chi connectivity index (χ2n) is 16.5. The third-order valence-corrected chi connectivity index (χ3v) is 14.3. The Morgan fingerprint density at radius 3 is 1.73 bits per heavy atom. The Hall–Kier alpha value is -8.12. The average molecular weight is 819 g/mol. The molecule has 0 aliphatic heterocycles. The first-order valence-electron chi connectivity index (χ1n) is 21.4. The van der Waals surface area contributed by atoms with Crippen LogP contribution in [0.3, 0.4) is 0 Å². The van der Waals surface area contributed by atoms with Crippen LogP contribution >= 0.6 is 11.3 Å². The lowest BCUT2D eigenvalue weighted by molar-refractivity contribution is 1.18. The highest BCUT2D eigenvalue weighted by Crippen LogP contribution is 2.46. The van der Waals surface area contributed by atoms with Crippen molar-refractivity contribution in [1.29, 1.82) is 0 Å². The van der Waals surface area contributed by atoms with Crippen molar-refractivity contribution < 1.29 is 0 Å². The molecular weight excluding hydrogens is 785 g/mol. The molecule has 0 aliphatic rings. The van der Waals surface area contributed by atoms with Crippen molar-refractivity contribution in [3.05, 3.63) is 206 Å². The number of aromatic nitrogens is 4. The minimum absolute atomic E-state index is 0.711. The molecule has 0 aliphatic carbocycles. The molecule has 0 bridgehead atoms. The lowest BCUT2D eigenvalue weighted by Crippen LogP contribution is -1.99. The third kappa shape index (κ3) is 5.03. The van der Waals surface area contributed by atoms with Crippen LogP contribution in [-0.4, -0.2) is 19.1 Å². The number of thiophene rings is 1. The van der Waals surface area contributed by atoms with Crippen molar-refractivity contribution in [2.24, 2.45) is 0 Å². The fourth-order valence-corrected chi connectivity index (χ4v) is 11.5. The summed E-state index contributed by atoms with van der Waals surface area (Å²) in [6.45, 7) is 0. The Bertz CT molecular complexity index is 4120. The summed E-state index contributed by atoms with van der Waals surface area (Å²) in [5.74, 6) is 0.711. The molecule has 5 heteroatoms. The van der Waals surface area contributed by atoms with Gasteiger partial charge in [0.25, 0.3) is 0 Å². The van der Waals surface area contributed by atoms with Crippen LogP contribution < -0.4 is 0 Å². The number of para-hydroxylation sites is 3. The van der Waals surface area contributed by atoms with E-state index in [1.54, 1.807) is 0 Å². The van der Waals surface area contributed by atoms with Crippen molar-refractivity contribution >= 4 is 108 Å². The number of hydrogen-bond acceptors (Lipinski definition) is 3. The van der Waals surface area contributed by atoms with Gasteiger partial charge in [0.05, 0.1) is 33.3 Å². The molecule has 0 spiro atoms. The minimum Gasteiger partial charge on any atom is -0.309 e. The number of nitrogens with zero attached hydrogens (tertiary/aromatic N) is 4. The van der Waals surface area contributed by atoms with E-state index in [-0.39, 0.29) is 0 Å². The molecule has 0 unspecified atom stereocenters. The Labute approximate surface area is 365 Å². The molecule has 0 saturated carbocycles. The zero-order chi connectivity index (χ0) is 41.2. The minimum atomic E-state index is 0.711. The van der Waals surface area contributed by atoms with E-state index in [0.29, 0.717) is 5.82 Å². The van der Waals surface area contributed by atoms with Crippen LogP contribution in [0.4, 0.5) is 0 Å². The van der Waals surface area contributed by atoms with Crippen LogP contribution in [0.2, 0.25) is 0 Å². The summed E-state index contributed by atoms with van der Waals surface area (Å²) in [5, 5.41) is 13.4. The number of hydrogen-bond donors (Lipinski definition) is 0. The van der Waals surface area contributed by atoms with Gasteiger partial charge >= 0.3 is 0 Å². The molecule has 0 atom stereocenters. The molecule has 0 amide bonds.